The number of nitrogens with zero attached hydrogens (tertiary/aromatic N) is 2. The number of hydrogen-bond donors (Lipinski definition) is 1. The zero-order valence-corrected chi connectivity index (χ0v) is 24.5. The van der Waals surface area contributed by atoms with Gasteiger partial charge in [0.25, 0.3) is 5.91 Å². The predicted molar refractivity (Wildman–Crippen MR) is 166 cm³/mol. The van der Waals surface area contributed by atoms with Crippen LogP contribution in [0.4, 0.5) is 0 Å². The number of halogens is 3. The third kappa shape index (κ3) is 6.48. The number of benzene rings is 4. The zero-order chi connectivity index (χ0) is 28.1. The summed E-state index contributed by atoms with van der Waals surface area (Å²) in [7, 11) is 0. The van der Waals surface area contributed by atoms with Crippen LogP contribution in [-0.4, -0.2) is 16.7 Å². The van der Waals surface area contributed by atoms with Gasteiger partial charge in [-0.2, -0.15) is 5.10 Å². The van der Waals surface area contributed by atoms with E-state index in [0.717, 1.165) is 32.7 Å². The maximum atomic E-state index is 12.8. The van der Waals surface area contributed by atoms with Crippen molar-refractivity contribution in [2.24, 2.45) is 5.10 Å². The number of hydrogen-bond acceptors (Lipinski definition) is 3. The van der Waals surface area contributed by atoms with Crippen molar-refractivity contribution in [2.45, 2.75) is 13.5 Å². The van der Waals surface area contributed by atoms with E-state index in [-0.39, 0.29) is 5.91 Å². The van der Waals surface area contributed by atoms with E-state index in [1.54, 1.807) is 30.5 Å². The number of aromatic nitrogens is 1. The van der Waals surface area contributed by atoms with Crippen molar-refractivity contribution in [2.75, 3.05) is 0 Å². The lowest BCUT2D eigenvalue weighted by atomic mass is 10.1. The van der Waals surface area contributed by atoms with Crippen molar-refractivity contribution >= 4 is 51.3 Å². The highest BCUT2D eigenvalue weighted by atomic mass is 79.9. The maximum absolute atomic E-state index is 12.8. The van der Waals surface area contributed by atoms with Gasteiger partial charge in [-0.1, -0.05) is 75.5 Å². The van der Waals surface area contributed by atoms with Crippen molar-refractivity contribution in [3.8, 4) is 22.7 Å². The van der Waals surface area contributed by atoms with Crippen molar-refractivity contribution in [1.82, 2.24) is 9.99 Å². The highest BCUT2D eigenvalue weighted by Gasteiger charge is 2.11. The second kappa shape index (κ2) is 12.6. The molecule has 0 unspecified atom stereocenters. The van der Waals surface area contributed by atoms with Crippen LogP contribution >= 0.6 is 39.1 Å². The fraction of sp³-hybridized carbons (Fsp3) is 0.0625. The average Bonchev–Trinajstić information content (AvgIpc) is 3.36. The molecule has 0 aliphatic carbocycles. The molecule has 1 amide bonds. The highest BCUT2D eigenvalue weighted by molar-refractivity contribution is 9.10. The monoisotopic (exact) mass is 631 g/mol. The van der Waals surface area contributed by atoms with Crippen molar-refractivity contribution in [3.63, 3.8) is 0 Å². The van der Waals surface area contributed by atoms with Crippen LogP contribution in [0.5, 0.6) is 5.75 Å². The van der Waals surface area contributed by atoms with Crippen LogP contribution in [0.1, 0.15) is 27.2 Å². The molecule has 0 bridgehead atoms. The summed E-state index contributed by atoms with van der Waals surface area (Å²) < 4.78 is 9.01. The summed E-state index contributed by atoms with van der Waals surface area (Å²) in [5.41, 5.74) is 8.97. The molecule has 4 aromatic carbocycles. The summed E-state index contributed by atoms with van der Waals surface area (Å²) >= 11 is 15.6. The Morgan fingerprint density at radius 1 is 0.925 bits per heavy atom. The van der Waals surface area contributed by atoms with Gasteiger partial charge in [0.15, 0.2) is 0 Å². The number of ether oxygens (including phenoxy) is 1. The van der Waals surface area contributed by atoms with E-state index in [9.17, 15) is 4.79 Å². The fourth-order valence-corrected chi connectivity index (χ4v) is 4.94. The Hall–Kier alpha value is -3.84. The summed E-state index contributed by atoms with van der Waals surface area (Å²) in [6.45, 7) is 2.36. The van der Waals surface area contributed by atoms with E-state index in [0.29, 0.717) is 33.5 Å². The Kier molecular flexibility index (Phi) is 8.70. The van der Waals surface area contributed by atoms with Crippen LogP contribution < -0.4 is 10.2 Å². The van der Waals surface area contributed by atoms with Crippen molar-refractivity contribution < 1.29 is 9.53 Å². The van der Waals surface area contributed by atoms with Crippen molar-refractivity contribution in [1.29, 1.82) is 0 Å². The molecule has 0 fully saturated rings. The Bertz CT molecular complexity index is 1680. The minimum absolute atomic E-state index is 0.297. The number of carbonyl (C=O) groups is 1. The van der Waals surface area contributed by atoms with Crippen LogP contribution in [0, 0.1) is 6.92 Å². The van der Waals surface area contributed by atoms with E-state index in [1.165, 1.54) is 0 Å². The SMILES string of the molecule is Cc1ccc(-c2ccccc2)n1-c1ccc(C(=O)N/N=C/c2cc(Br)ccc2OCc2ccc(Cl)c(Cl)c2)cc1. The minimum atomic E-state index is -0.316. The van der Waals surface area contributed by atoms with E-state index in [4.69, 9.17) is 27.9 Å². The average molecular weight is 633 g/mol. The molecule has 40 heavy (non-hydrogen) atoms. The highest BCUT2D eigenvalue weighted by Crippen LogP contribution is 2.27. The third-order valence-electron chi connectivity index (χ3n) is 6.25. The molecule has 1 aromatic heterocycles. The van der Waals surface area contributed by atoms with Gasteiger partial charge >= 0.3 is 0 Å². The van der Waals surface area contributed by atoms with Crippen molar-refractivity contribution in [3.05, 3.63) is 140 Å². The first kappa shape index (κ1) is 27.7. The second-order valence-electron chi connectivity index (χ2n) is 9.03. The van der Waals surface area contributed by atoms with Crippen LogP contribution in [0.3, 0.4) is 0 Å². The lowest BCUT2D eigenvalue weighted by Crippen LogP contribution is -2.17. The standard InChI is InChI=1S/C32H24BrCl2N3O2/c1-21-7-15-30(23-5-3-2-4-6-23)38(21)27-12-9-24(10-13-27)32(39)37-36-19-25-18-26(33)11-16-31(25)40-20-22-8-14-28(34)29(35)17-22/h2-19H,20H2,1H3,(H,37,39)/b36-19+. The summed E-state index contributed by atoms with van der Waals surface area (Å²) in [5, 5.41) is 5.13. The molecule has 1 N–H and O–H groups in total. The molecule has 1 heterocycles. The molecular formula is C32H24BrCl2N3O2. The molecule has 8 heteroatoms. The summed E-state index contributed by atoms with van der Waals surface area (Å²) in [4.78, 5) is 12.8. The van der Waals surface area contributed by atoms with Gasteiger partial charge in [-0.25, -0.2) is 5.43 Å². The maximum Gasteiger partial charge on any atom is 0.271 e. The molecule has 0 saturated heterocycles. The number of aryl methyl sites for hydroxylation is 1. The smallest absolute Gasteiger partial charge is 0.271 e. The summed E-state index contributed by atoms with van der Waals surface area (Å²) in [5.74, 6) is 0.288. The van der Waals surface area contributed by atoms with Gasteiger partial charge in [-0.05, 0) is 84.8 Å². The van der Waals surface area contributed by atoms with Gasteiger partial charge in [0.1, 0.15) is 12.4 Å². The molecular weight excluding hydrogens is 609 g/mol. The first-order chi connectivity index (χ1) is 19.4. The largest absolute Gasteiger partial charge is 0.488 e. The zero-order valence-electron chi connectivity index (χ0n) is 21.4. The molecule has 200 valence electrons. The van der Waals surface area contributed by atoms with Gasteiger partial charge in [-0.3, -0.25) is 4.79 Å². The topological polar surface area (TPSA) is 55.6 Å². The number of carbonyl (C=O) groups excluding carboxylic acids is 1. The Labute approximate surface area is 251 Å². The van der Waals surface area contributed by atoms with E-state index in [2.05, 4.69) is 62.2 Å². The van der Waals surface area contributed by atoms with Gasteiger partial charge in [0, 0.05) is 27.0 Å². The number of nitrogens with one attached hydrogen (secondary N) is 1. The molecule has 0 spiro atoms. The first-order valence-corrected chi connectivity index (χ1v) is 14.0. The van der Waals surface area contributed by atoms with Crippen LogP contribution in [0.25, 0.3) is 16.9 Å². The molecule has 0 atom stereocenters. The normalized spacial score (nSPS) is 11.1. The number of rotatable bonds is 8. The molecule has 0 saturated carbocycles. The van der Waals surface area contributed by atoms with E-state index >= 15 is 0 Å². The van der Waals surface area contributed by atoms with Crippen LogP contribution in [-0.2, 0) is 6.61 Å². The summed E-state index contributed by atoms with van der Waals surface area (Å²) in [6, 6.07) is 32.8. The molecule has 5 aromatic rings. The lowest BCUT2D eigenvalue weighted by Gasteiger charge is -2.13. The van der Waals surface area contributed by atoms with Crippen LogP contribution in [0.15, 0.2) is 113 Å². The molecule has 0 radical (unpaired) electrons. The van der Waals surface area contributed by atoms with Gasteiger partial charge in [0.2, 0.25) is 0 Å². The first-order valence-electron chi connectivity index (χ1n) is 12.4. The quantitative estimate of drug-likeness (QED) is 0.137. The van der Waals surface area contributed by atoms with E-state index < -0.39 is 0 Å². The second-order valence-corrected chi connectivity index (χ2v) is 10.8. The Morgan fingerprint density at radius 3 is 2.45 bits per heavy atom. The van der Waals surface area contributed by atoms with Gasteiger partial charge in [0.05, 0.1) is 22.0 Å². The molecule has 5 rings (SSSR count). The Balaban J connectivity index is 1.27. The molecule has 0 aliphatic heterocycles. The Morgan fingerprint density at radius 2 is 1.70 bits per heavy atom. The van der Waals surface area contributed by atoms with Crippen LogP contribution in [0.2, 0.25) is 10.0 Å². The predicted octanol–water partition coefficient (Wildman–Crippen LogP) is 8.86. The minimum Gasteiger partial charge on any atom is -0.488 e. The third-order valence-corrected chi connectivity index (χ3v) is 7.49. The number of amides is 1. The lowest BCUT2D eigenvalue weighted by molar-refractivity contribution is 0.0955. The van der Waals surface area contributed by atoms with E-state index in [1.807, 2.05) is 54.6 Å². The van der Waals surface area contributed by atoms with Gasteiger partial charge < -0.3 is 9.30 Å². The summed E-state index contributed by atoms with van der Waals surface area (Å²) in [6.07, 6.45) is 1.55. The fourth-order valence-electron chi connectivity index (χ4n) is 4.24. The molecule has 5 nitrogen and oxygen atoms in total. The van der Waals surface area contributed by atoms with Gasteiger partial charge in [-0.15, -0.1) is 0 Å². The molecule has 0 aliphatic rings. The number of hydrazone groups is 1.